The predicted octanol–water partition coefficient (Wildman–Crippen LogP) is -2.10. The number of hydrogen-bond acceptors (Lipinski definition) is 3. The van der Waals surface area contributed by atoms with E-state index in [-0.39, 0.29) is 93.8 Å². The van der Waals surface area contributed by atoms with Gasteiger partial charge in [-0.2, -0.15) is 0 Å². The quantitative estimate of drug-likeness (QED) is 0.460. The van der Waals surface area contributed by atoms with Crippen LogP contribution in [0.3, 0.4) is 0 Å². The van der Waals surface area contributed by atoms with Crippen molar-refractivity contribution in [3.63, 3.8) is 0 Å². The Morgan fingerprint density at radius 3 is 2.08 bits per heavy atom. The molecule has 5 nitrogen and oxygen atoms in total. The second-order valence-corrected chi connectivity index (χ2v) is 1.95. The van der Waals surface area contributed by atoms with Crippen molar-refractivity contribution in [2.75, 3.05) is 0 Å². The van der Waals surface area contributed by atoms with Gasteiger partial charge in [0.2, 0.25) is 5.91 Å². The van der Waals surface area contributed by atoms with Crippen LogP contribution in [0.15, 0.2) is 0 Å². The number of carbonyl (C=O) groups excluding carboxylic acids is 1. The first kappa shape index (κ1) is 19.2. The van der Waals surface area contributed by atoms with Crippen LogP contribution in [0, 0.1) is 0 Å². The molecule has 1 atom stereocenters. The van der Waals surface area contributed by atoms with Crippen LogP contribution in [0.4, 0.5) is 0 Å². The third-order valence-corrected chi connectivity index (χ3v) is 1.02. The molecule has 60 valence electrons. The molecule has 1 amide bonds. The fourth-order valence-corrected chi connectivity index (χ4v) is 0.421. The zero-order chi connectivity index (χ0) is 8.15. The summed E-state index contributed by atoms with van der Waals surface area (Å²) in [4.78, 5) is 20.1. The van der Waals surface area contributed by atoms with Crippen LogP contribution >= 0.6 is 0 Å². The average molecular weight is 208 g/mol. The van der Waals surface area contributed by atoms with Gasteiger partial charge in [-0.1, -0.05) is 0 Å². The van der Waals surface area contributed by atoms with Crippen molar-refractivity contribution in [3.05, 3.63) is 0 Å². The van der Waals surface area contributed by atoms with Crippen molar-refractivity contribution in [2.45, 2.75) is 18.9 Å². The molecule has 0 saturated heterocycles. The summed E-state index contributed by atoms with van der Waals surface area (Å²) in [5.41, 5.74) is 9.81. The Bertz CT molecular complexity index is 156. The first-order valence-electron chi connectivity index (χ1n) is 2.80. The Kier molecular flexibility index (Phi) is 17.0. The molecule has 0 saturated carbocycles. The summed E-state index contributed by atoms with van der Waals surface area (Å²) in [6.07, 6.45) is 0.123. The van der Waals surface area contributed by atoms with E-state index in [4.69, 9.17) is 16.6 Å². The van der Waals surface area contributed by atoms with E-state index >= 15 is 0 Å². The van der Waals surface area contributed by atoms with Gasteiger partial charge in [-0.15, -0.1) is 0 Å². The standard InChI is InChI=1S/C5H10N2O3.K.Na/c6-3(5(9)10)1-2-4(7)8;;/h3H,1-2,6H2,(H2,7,8)(H,9,10);;/t3-;;/m0../s1. The Labute approximate surface area is 135 Å². The first-order valence-corrected chi connectivity index (χ1v) is 2.80. The van der Waals surface area contributed by atoms with Gasteiger partial charge < -0.3 is 16.6 Å². The second-order valence-electron chi connectivity index (χ2n) is 1.95. The van der Waals surface area contributed by atoms with E-state index in [1.165, 1.54) is 0 Å². The van der Waals surface area contributed by atoms with Crippen LogP contribution in [0.1, 0.15) is 12.8 Å². The third-order valence-electron chi connectivity index (χ3n) is 1.02. The molecule has 2 radical (unpaired) electrons. The van der Waals surface area contributed by atoms with E-state index in [0.29, 0.717) is 0 Å². The van der Waals surface area contributed by atoms with Crippen LogP contribution in [-0.4, -0.2) is 104 Å². The van der Waals surface area contributed by atoms with Gasteiger partial charge in [0.25, 0.3) is 0 Å². The number of aliphatic carboxylic acids is 1. The first-order chi connectivity index (χ1) is 4.54. The van der Waals surface area contributed by atoms with Gasteiger partial charge in [0, 0.05) is 87.4 Å². The van der Waals surface area contributed by atoms with Crippen molar-refractivity contribution in [2.24, 2.45) is 11.5 Å². The number of amides is 1. The van der Waals surface area contributed by atoms with Gasteiger partial charge in [-0.25, -0.2) is 0 Å². The molecule has 7 heteroatoms. The molecular formula is C5H10KN2NaO3. The van der Waals surface area contributed by atoms with Gasteiger partial charge >= 0.3 is 5.97 Å². The maximum atomic E-state index is 10.1. The Morgan fingerprint density at radius 2 is 1.83 bits per heavy atom. The van der Waals surface area contributed by atoms with Gasteiger partial charge in [0.1, 0.15) is 6.04 Å². The summed E-state index contributed by atoms with van der Waals surface area (Å²) < 4.78 is 0. The predicted molar refractivity (Wildman–Crippen MR) is 45.5 cm³/mol. The summed E-state index contributed by atoms with van der Waals surface area (Å²) in [5, 5.41) is 8.22. The SMILES string of the molecule is NC(=O)CC[C@H](N)C(=O)O.[K].[Na]. The smallest absolute Gasteiger partial charge is 0.320 e. The van der Waals surface area contributed by atoms with E-state index in [0.717, 1.165) is 0 Å². The van der Waals surface area contributed by atoms with Crippen LogP contribution in [0.5, 0.6) is 0 Å². The van der Waals surface area contributed by atoms with Crippen LogP contribution in [0.25, 0.3) is 0 Å². The molecule has 0 heterocycles. The molecule has 0 aromatic heterocycles. The van der Waals surface area contributed by atoms with Crippen molar-refractivity contribution >= 4 is 92.8 Å². The van der Waals surface area contributed by atoms with Gasteiger partial charge in [0.05, 0.1) is 0 Å². The molecule has 0 aromatic rings. The van der Waals surface area contributed by atoms with Crippen molar-refractivity contribution in [3.8, 4) is 0 Å². The fraction of sp³-hybridized carbons (Fsp3) is 0.600. The Morgan fingerprint density at radius 1 is 1.42 bits per heavy atom. The van der Waals surface area contributed by atoms with E-state index in [2.05, 4.69) is 0 Å². The second kappa shape index (κ2) is 10.6. The van der Waals surface area contributed by atoms with Gasteiger partial charge in [-0.3, -0.25) is 9.59 Å². The molecule has 12 heavy (non-hydrogen) atoms. The summed E-state index contributed by atoms with van der Waals surface area (Å²) in [7, 11) is 0. The number of carboxylic acids is 1. The molecule has 0 bridgehead atoms. The number of nitrogens with two attached hydrogens (primary N) is 2. The Hall–Kier alpha value is 1.54. The molecular weight excluding hydrogens is 198 g/mol. The summed E-state index contributed by atoms with van der Waals surface area (Å²) in [5.74, 6) is -1.64. The van der Waals surface area contributed by atoms with Gasteiger partial charge in [-0.05, 0) is 6.42 Å². The van der Waals surface area contributed by atoms with Crippen molar-refractivity contribution < 1.29 is 14.7 Å². The monoisotopic (exact) mass is 208 g/mol. The average Bonchev–Trinajstić information content (AvgIpc) is 1.82. The Balaban J connectivity index is -0.000000405. The molecule has 0 fully saturated rings. The molecule has 5 N–H and O–H groups in total. The third kappa shape index (κ3) is 11.5. The zero-order valence-electron chi connectivity index (χ0n) is 7.41. The van der Waals surface area contributed by atoms with E-state index < -0.39 is 17.9 Å². The minimum absolute atomic E-state index is 0. The van der Waals surface area contributed by atoms with Crippen LogP contribution < -0.4 is 11.5 Å². The summed E-state index contributed by atoms with van der Waals surface area (Å²) in [6.45, 7) is 0. The molecule has 0 unspecified atom stereocenters. The number of primary amides is 1. The number of carboxylic acid groups (broad SMARTS) is 1. The maximum absolute atomic E-state index is 10.1. The number of carbonyl (C=O) groups is 2. The minimum atomic E-state index is -1.11. The molecule has 0 aliphatic carbocycles. The molecule has 0 aliphatic heterocycles. The topological polar surface area (TPSA) is 106 Å². The largest absolute Gasteiger partial charge is 0.480 e. The van der Waals surface area contributed by atoms with E-state index in [1.807, 2.05) is 0 Å². The summed E-state index contributed by atoms with van der Waals surface area (Å²) in [6, 6.07) is -0.979. The van der Waals surface area contributed by atoms with Gasteiger partial charge in [0.15, 0.2) is 0 Å². The summed E-state index contributed by atoms with van der Waals surface area (Å²) >= 11 is 0. The molecule has 0 aliphatic rings. The number of hydrogen-bond donors (Lipinski definition) is 3. The van der Waals surface area contributed by atoms with Crippen LogP contribution in [0.2, 0.25) is 0 Å². The molecule has 0 rings (SSSR count). The van der Waals surface area contributed by atoms with Crippen molar-refractivity contribution in [1.29, 1.82) is 0 Å². The fourth-order valence-electron chi connectivity index (χ4n) is 0.421. The molecule has 0 aromatic carbocycles. The normalized spacial score (nSPS) is 10.4. The minimum Gasteiger partial charge on any atom is -0.480 e. The molecule has 0 spiro atoms. The zero-order valence-corrected chi connectivity index (χ0v) is 12.5. The van der Waals surface area contributed by atoms with E-state index in [9.17, 15) is 9.59 Å². The van der Waals surface area contributed by atoms with Crippen molar-refractivity contribution in [1.82, 2.24) is 0 Å². The maximum Gasteiger partial charge on any atom is 0.320 e. The van der Waals surface area contributed by atoms with Crippen LogP contribution in [-0.2, 0) is 9.59 Å². The van der Waals surface area contributed by atoms with E-state index in [1.54, 1.807) is 0 Å². The number of rotatable bonds is 4.